The smallest absolute Gasteiger partial charge is 0.375 e. The van der Waals surface area contributed by atoms with E-state index < -0.39 is 23.1 Å². The van der Waals surface area contributed by atoms with Gasteiger partial charge in [0.25, 0.3) is 0 Å². The predicted octanol–water partition coefficient (Wildman–Crippen LogP) is 6.06. The molecule has 2 aromatic carbocycles. The van der Waals surface area contributed by atoms with Crippen molar-refractivity contribution in [2.45, 2.75) is 24.6 Å². The number of aromatic nitrogens is 1. The Morgan fingerprint density at radius 2 is 1.44 bits per heavy atom. The van der Waals surface area contributed by atoms with E-state index in [2.05, 4.69) is 15.3 Å². The van der Waals surface area contributed by atoms with Gasteiger partial charge in [0.1, 0.15) is 11.6 Å². The molecule has 1 aromatic heterocycles. The number of hydrogen-bond acceptors (Lipinski definition) is 3. The summed E-state index contributed by atoms with van der Waals surface area (Å²) in [5.74, 6) is -1.72. The van der Waals surface area contributed by atoms with Crippen LogP contribution in [0.15, 0.2) is 118 Å². The SMILES string of the molecule is Fc1ccc(CC23C=C4C=CC(=N4)C=c4ccc([nH]4)=CC4=NC(=CC(=C(c5cccc(C(F)(F)F)c5F)C2)N3)C=C4)cc1. The zero-order chi connectivity index (χ0) is 29.8. The molecule has 0 saturated carbocycles. The van der Waals surface area contributed by atoms with Gasteiger partial charge in [-0.2, -0.15) is 13.2 Å². The number of halogens is 5. The van der Waals surface area contributed by atoms with Crippen molar-refractivity contribution in [1.82, 2.24) is 10.3 Å². The minimum absolute atomic E-state index is 0.139. The Balaban J connectivity index is 1.44. The van der Waals surface area contributed by atoms with Crippen LogP contribution in [0.2, 0.25) is 0 Å². The number of nitrogens with zero attached hydrogens (tertiary/aromatic N) is 2. The zero-order valence-electron chi connectivity index (χ0n) is 22.5. The van der Waals surface area contributed by atoms with Crippen LogP contribution in [0, 0.1) is 11.6 Å². The summed E-state index contributed by atoms with van der Waals surface area (Å²) in [6.45, 7) is 0. The molecule has 3 aromatic rings. The first-order valence-corrected chi connectivity index (χ1v) is 13.6. The lowest BCUT2D eigenvalue weighted by Crippen LogP contribution is -2.41. The maximum Gasteiger partial charge on any atom is 0.419 e. The van der Waals surface area contributed by atoms with Gasteiger partial charge in [0.15, 0.2) is 0 Å². The highest BCUT2D eigenvalue weighted by Gasteiger charge is 2.40. The molecule has 214 valence electrons. The second kappa shape index (κ2) is 10.0. The Kier molecular flexibility index (Phi) is 6.27. The first-order chi connectivity index (χ1) is 20.6. The summed E-state index contributed by atoms with van der Waals surface area (Å²) in [5.41, 5.74) is 1.74. The van der Waals surface area contributed by atoms with Crippen molar-refractivity contribution in [2.24, 2.45) is 9.98 Å². The van der Waals surface area contributed by atoms with E-state index in [4.69, 9.17) is 4.99 Å². The molecule has 7 rings (SSSR count). The van der Waals surface area contributed by atoms with E-state index in [9.17, 15) is 17.6 Å². The highest BCUT2D eigenvalue weighted by atomic mass is 19.4. The Morgan fingerprint density at radius 1 is 0.767 bits per heavy atom. The zero-order valence-corrected chi connectivity index (χ0v) is 22.5. The quantitative estimate of drug-likeness (QED) is 0.363. The van der Waals surface area contributed by atoms with E-state index in [1.165, 1.54) is 24.3 Å². The fourth-order valence-electron chi connectivity index (χ4n) is 5.82. The first kappa shape index (κ1) is 26.8. The van der Waals surface area contributed by atoms with Gasteiger partial charge in [-0.15, -0.1) is 0 Å². The fourth-order valence-corrected chi connectivity index (χ4v) is 5.82. The molecule has 4 nitrogen and oxygen atoms in total. The normalized spacial score (nSPS) is 20.7. The number of nitrogens with one attached hydrogen (secondary N) is 2. The molecular formula is C34H23F5N4. The van der Waals surface area contributed by atoms with Crippen molar-refractivity contribution in [3.05, 3.63) is 147 Å². The largest absolute Gasteiger partial charge is 0.419 e. The summed E-state index contributed by atoms with van der Waals surface area (Å²) in [6.07, 6.45) is 10.4. The number of benzene rings is 2. The monoisotopic (exact) mass is 582 g/mol. The van der Waals surface area contributed by atoms with Gasteiger partial charge in [-0.1, -0.05) is 24.3 Å². The minimum Gasteiger partial charge on any atom is -0.375 e. The maximum atomic E-state index is 15.6. The third kappa shape index (κ3) is 5.34. The molecule has 0 saturated heterocycles. The van der Waals surface area contributed by atoms with Crippen LogP contribution in [0.1, 0.15) is 23.1 Å². The number of hydrogen-bond donors (Lipinski definition) is 2. The van der Waals surface area contributed by atoms with Gasteiger partial charge in [-0.25, -0.2) is 18.8 Å². The Morgan fingerprint density at radius 3 is 2.14 bits per heavy atom. The molecule has 8 bridgehead atoms. The molecule has 1 atom stereocenters. The summed E-state index contributed by atoms with van der Waals surface area (Å²) >= 11 is 0. The number of fused-ring (bicyclic) bond motifs is 6. The van der Waals surface area contributed by atoms with Crippen LogP contribution in [0.4, 0.5) is 22.0 Å². The van der Waals surface area contributed by atoms with E-state index in [-0.39, 0.29) is 17.8 Å². The molecule has 1 unspecified atom stereocenters. The molecule has 0 fully saturated rings. The standard InChI is InChI=1S/C34H23F5N4/c35-21-6-4-20(5-7-21)17-33-18-27-13-12-25(42-27)15-23-9-8-22(40-23)14-24-10-11-26(41-24)16-31(43-33)29(19-33)28-2-1-3-30(32(28)36)34(37,38)39/h1-16,18,40,43H,17,19H2. The number of rotatable bonds is 3. The topological polar surface area (TPSA) is 52.5 Å². The summed E-state index contributed by atoms with van der Waals surface area (Å²) in [6, 6.07) is 13.2. The van der Waals surface area contributed by atoms with Crippen molar-refractivity contribution in [1.29, 1.82) is 0 Å². The van der Waals surface area contributed by atoms with E-state index >= 15 is 4.39 Å². The summed E-state index contributed by atoms with van der Waals surface area (Å²) in [7, 11) is 0. The Bertz CT molecular complexity index is 2000. The van der Waals surface area contributed by atoms with Crippen molar-refractivity contribution < 1.29 is 22.0 Å². The average Bonchev–Trinajstić information content (AvgIpc) is 3.75. The average molecular weight is 583 g/mol. The number of allylic oxidation sites excluding steroid dienone is 5. The van der Waals surface area contributed by atoms with Crippen molar-refractivity contribution in [3.63, 3.8) is 0 Å². The van der Waals surface area contributed by atoms with Crippen molar-refractivity contribution in [2.75, 3.05) is 0 Å². The number of alkyl halides is 3. The van der Waals surface area contributed by atoms with Gasteiger partial charge in [-0.05, 0) is 96.5 Å². The fraction of sp³-hybridized carbons (Fsp3) is 0.118. The van der Waals surface area contributed by atoms with Gasteiger partial charge < -0.3 is 10.3 Å². The lowest BCUT2D eigenvalue weighted by Gasteiger charge is -2.29. The molecule has 0 aliphatic carbocycles. The lowest BCUT2D eigenvalue weighted by atomic mass is 9.84. The van der Waals surface area contributed by atoms with Crippen molar-refractivity contribution >= 4 is 29.1 Å². The number of aromatic amines is 1. The highest BCUT2D eigenvalue weighted by molar-refractivity contribution is 6.20. The molecule has 0 radical (unpaired) electrons. The molecule has 5 heterocycles. The van der Waals surface area contributed by atoms with E-state index in [0.29, 0.717) is 40.5 Å². The van der Waals surface area contributed by atoms with Gasteiger partial charge in [-0.3, -0.25) is 0 Å². The predicted molar refractivity (Wildman–Crippen MR) is 157 cm³/mol. The van der Waals surface area contributed by atoms with Crippen LogP contribution in [0.3, 0.4) is 0 Å². The van der Waals surface area contributed by atoms with Crippen LogP contribution in [-0.2, 0) is 12.6 Å². The molecule has 0 amide bonds. The summed E-state index contributed by atoms with van der Waals surface area (Å²) in [5, 5.41) is 5.19. The maximum absolute atomic E-state index is 15.6. The first-order valence-electron chi connectivity index (χ1n) is 13.6. The molecule has 43 heavy (non-hydrogen) atoms. The van der Waals surface area contributed by atoms with Crippen LogP contribution < -0.4 is 16.0 Å². The van der Waals surface area contributed by atoms with Crippen LogP contribution in [0.25, 0.3) is 17.7 Å². The highest BCUT2D eigenvalue weighted by Crippen LogP contribution is 2.43. The molecule has 2 N–H and O–H groups in total. The Hall–Kier alpha value is -5.05. The van der Waals surface area contributed by atoms with Crippen molar-refractivity contribution in [3.8, 4) is 0 Å². The van der Waals surface area contributed by atoms with Crippen LogP contribution >= 0.6 is 0 Å². The summed E-state index contributed by atoms with van der Waals surface area (Å²) in [4.78, 5) is 12.8. The van der Waals surface area contributed by atoms with Gasteiger partial charge in [0.2, 0.25) is 0 Å². The Labute approximate surface area is 243 Å². The third-order valence-corrected chi connectivity index (χ3v) is 7.68. The van der Waals surface area contributed by atoms with Crippen LogP contribution in [-0.4, -0.2) is 21.9 Å². The molecule has 4 aliphatic rings. The van der Waals surface area contributed by atoms with Crippen LogP contribution in [0.5, 0.6) is 0 Å². The second-order valence-electron chi connectivity index (χ2n) is 10.9. The van der Waals surface area contributed by atoms with E-state index in [0.717, 1.165) is 22.3 Å². The van der Waals surface area contributed by atoms with E-state index in [1.54, 1.807) is 24.3 Å². The van der Waals surface area contributed by atoms with E-state index in [1.807, 2.05) is 48.6 Å². The minimum atomic E-state index is -4.86. The third-order valence-electron chi connectivity index (χ3n) is 7.68. The number of aliphatic imine (C=N–C) groups is 2. The van der Waals surface area contributed by atoms with Gasteiger partial charge in [0.05, 0.1) is 33.9 Å². The molecule has 9 heteroatoms. The molecule has 0 spiro atoms. The number of H-pyrrole nitrogens is 1. The molecule has 4 aliphatic heterocycles. The van der Waals surface area contributed by atoms with Gasteiger partial charge >= 0.3 is 6.18 Å². The summed E-state index contributed by atoms with van der Waals surface area (Å²) < 4.78 is 70.6. The molecular weight excluding hydrogens is 559 g/mol. The second-order valence-corrected chi connectivity index (χ2v) is 10.9. The van der Waals surface area contributed by atoms with Gasteiger partial charge in [0, 0.05) is 28.4 Å². The lowest BCUT2D eigenvalue weighted by molar-refractivity contribution is -0.140.